The summed E-state index contributed by atoms with van der Waals surface area (Å²) < 4.78 is 13.4. The zero-order valence-corrected chi connectivity index (χ0v) is 17.0. The molecular weight excluding hydrogens is 401 g/mol. The molecule has 152 valence electrons. The zero-order valence-electron chi connectivity index (χ0n) is 16.2. The Morgan fingerprint density at radius 2 is 2.10 bits per heavy atom. The van der Waals surface area contributed by atoms with Gasteiger partial charge in [0.05, 0.1) is 10.9 Å². The van der Waals surface area contributed by atoms with Crippen LogP contribution < -0.4 is 5.32 Å². The number of halogens is 1. The molecule has 1 atom stereocenters. The molecule has 5 rings (SSSR count). The smallest absolute Gasteiger partial charge is 0.238 e. The molecule has 2 aromatic carbocycles. The minimum atomic E-state index is -0.415. The predicted molar refractivity (Wildman–Crippen MR) is 117 cm³/mol. The first kappa shape index (κ1) is 18.9. The van der Waals surface area contributed by atoms with Gasteiger partial charge in [-0.05, 0) is 42.3 Å². The first-order valence-electron chi connectivity index (χ1n) is 9.89. The van der Waals surface area contributed by atoms with Crippen molar-refractivity contribution in [1.82, 2.24) is 9.88 Å². The largest absolute Gasteiger partial charge is 0.360 e. The molecule has 7 heteroatoms. The van der Waals surface area contributed by atoms with Gasteiger partial charge in [0.1, 0.15) is 5.82 Å². The monoisotopic (exact) mass is 421 g/mol. The molecule has 5 nitrogen and oxygen atoms in total. The number of amides is 2. The Balaban J connectivity index is 1.26. The maximum absolute atomic E-state index is 13.4. The van der Waals surface area contributed by atoms with Crippen molar-refractivity contribution in [3.8, 4) is 0 Å². The molecule has 1 aromatic heterocycles. The van der Waals surface area contributed by atoms with E-state index in [1.54, 1.807) is 11.0 Å². The summed E-state index contributed by atoms with van der Waals surface area (Å²) in [5.74, 6) is -0.401. The molecule has 2 amide bonds. The Kier molecular flexibility index (Phi) is 4.83. The lowest BCUT2D eigenvalue weighted by atomic mass is 9.98. The van der Waals surface area contributed by atoms with Crippen LogP contribution in [0.25, 0.3) is 16.5 Å². The summed E-state index contributed by atoms with van der Waals surface area (Å²) in [6, 6.07) is 12.4. The lowest BCUT2D eigenvalue weighted by Gasteiger charge is -2.29. The van der Waals surface area contributed by atoms with Gasteiger partial charge < -0.3 is 15.2 Å². The number of hydrogen-bond acceptors (Lipinski definition) is 3. The molecule has 0 saturated carbocycles. The fraction of sp³-hybridized carbons (Fsp3) is 0.217. The van der Waals surface area contributed by atoms with E-state index in [2.05, 4.69) is 16.4 Å². The van der Waals surface area contributed by atoms with Gasteiger partial charge in [-0.25, -0.2) is 4.39 Å². The number of para-hydroxylation sites is 1. The van der Waals surface area contributed by atoms with E-state index in [4.69, 9.17) is 0 Å². The van der Waals surface area contributed by atoms with Crippen molar-refractivity contribution in [1.29, 1.82) is 0 Å². The predicted octanol–water partition coefficient (Wildman–Crippen LogP) is 4.43. The quantitative estimate of drug-likeness (QED) is 0.658. The number of anilines is 1. The van der Waals surface area contributed by atoms with Crippen LogP contribution in [-0.2, 0) is 9.59 Å². The number of carbonyl (C=O) groups excluding carboxylic acids is 2. The summed E-state index contributed by atoms with van der Waals surface area (Å²) in [4.78, 5) is 31.1. The maximum Gasteiger partial charge on any atom is 0.238 e. The average Bonchev–Trinajstić information content (AvgIpc) is 3.17. The summed E-state index contributed by atoms with van der Waals surface area (Å²) in [6.45, 7) is 1.12. The molecule has 2 aliphatic heterocycles. The van der Waals surface area contributed by atoms with Crippen LogP contribution in [0, 0.1) is 5.82 Å². The van der Waals surface area contributed by atoms with E-state index in [9.17, 15) is 14.0 Å². The average molecular weight is 421 g/mol. The lowest BCUT2D eigenvalue weighted by Crippen LogP contribution is -2.39. The molecule has 0 aliphatic carbocycles. The SMILES string of the molecule is O=C1Nc2ccccc2SC1CC(=O)N1CC=C(c2c[nH]c3cc(F)ccc23)CC1. The summed E-state index contributed by atoms with van der Waals surface area (Å²) >= 11 is 1.45. The first-order chi connectivity index (χ1) is 14.6. The van der Waals surface area contributed by atoms with E-state index in [0.717, 1.165) is 39.0 Å². The number of aromatic amines is 1. The standard InChI is InChI=1S/C23H20FN3O2S/c24-15-5-6-16-17(13-25-19(16)11-15)14-7-9-27(10-8-14)22(28)12-21-23(29)26-18-3-1-2-4-20(18)30-21/h1-7,11,13,21,25H,8-10,12H2,(H,26,29). The van der Waals surface area contributed by atoms with E-state index < -0.39 is 5.25 Å². The number of nitrogens with zero attached hydrogens (tertiary/aromatic N) is 1. The van der Waals surface area contributed by atoms with Gasteiger partial charge in [-0.2, -0.15) is 0 Å². The van der Waals surface area contributed by atoms with Gasteiger partial charge in [0.25, 0.3) is 0 Å². The summed E-state index contributed by atoms with van der Waals surface area (Å²) in [7, 11) is 0. The van der Waals surface area contributed by atoms with Gasteiger partial charge in [0, 0.05) is 47.1 Å². The second kappa shape index (κ2) is 7.65. The van der Waals surface area contributed by atoms with Crippen LogP contribution in [-0.4, -0.2) is 40.0 Å². The van der Waals surface area contributed by atoms with E-state index in [0.29, 0.717) is 13.1 Å². The van der Waals surface area contributed by atoms with E-state index in [1.807, 2.05) is 30.5 Å². The first-order valence-corrected chi connectivity index (χ1v) is 10.8. The number of thioether (sulfide) groups is 1. The summed E-state index contributed by atoms with van der Waals surface area (Å²) in [6.07, 6.45) is 4.86. The maximum atomic E-state index is 13.4. The summed E-state index contributed by atoms with van der Waals surface area (Å²) in [5, 5.41) is 3.46. The molecule has 0 fully saturated rings. The van der Waals surface area contributed by atoms with Crippen LogP contribution in [0.2, 0.25) is 0 Å². The fourth-order valence-electron chi connectivity index (χ4n) is 4.02. The number of carbonyl (C=O) groups is 2. The molecule has 3 heterocycles. The van der Waals surface area contributed by atoms with Crippen molar-refractivity contribution in [3.05, 3.63) is 66.1 Å². The molecule has 2 aliphatic rings. The van der Waals surface area contributed by atoms with Crippen LogP contribution in [0.3, 0.4) is 0 Å². The topological polar surface area (TPSA) is 65.2 Å². The molecule has 2 N–H and O–H groups in total. The van der Waals surface area contributed by atoms with E-state index in [1.165, 1.54) is 23.9 Å². The number of nitrogens with one attached hydrogen (secondary N) is 2. The lowest BCUT2D eigenvalue weighted by molar-refractivity contribution is -0.132. The molecule has 0 radical (unpaired) electrons. The molecule has 1 unspecified atom stereocenters. The molecule has 0 spiro atoms. The van der Waals surface area contributed by atoms with Gasteiger partial charge in [0.2, 0.25) is 11.8 Å². The molecule has 0 bridgehead atoms. The van der Waals surface area contributed by atoms with Crippen molar-refractivity contribution in [2.24, 2.45) is 0 Å². The highest BCUT2D eigenvalue weighted by Crippen LogP contribution is 2.37. The summed E-state index contributed by atoms with van der Waals surface area (Å²) in [5.41, 5.74) is 3.77. The van der Waals surface area contributed by atoms with Gasteiger partial charge in [-0.15, -0.1) is 11.8 Å². The number of fused-ring (bicyclic) bond motifs is 2. The second-order valence-corrected chi connectivity index (χ2v) is 8.75. The highest BCUT2D eigenvalue weighted by Gasteiger charge is 2.31. The normalized spacial score (nSPS) is 18.7. The van der Waals surface area contributed by atoms with Gasteiger partial charge >= 0.3 is 0 Å². The molecular formula is C23H20FN3O2S. The van der Waals surface area contributed by atoms with Crippen molar-refractivity contribution >= 4 is 45.7 Å². The number of benzene rings is 2. The Labute approximate surface area is 177 Å². The van der Waals surface area contributed by atoms with Crippen molar-refractivity contribution in [2.75, 3.05) is 18.4 Å². The van der Waals surface area contributed by atoms with Crippen LogP contribution in [0.5, 0.6) is 0 Å². The number of aromatic nitrogens is 1. The van der Waals surface area contributed by atoms with E-state index >= 15 is 0 Å². The van der Waals surface area contributed by atoms with Crippen molar-refractivity contribution < 1.29 is 14.0 Å². The van der Waals surface area contributed by atoms with Crippen LogP contribution in [0.4, 0.5) is 10.1 Å². The fourth-order valence-corrected chi connectivity index (χ4v) is 5.12. The molecule has 30 heavy (non-hydrogen) atoms. The Morgan fingerprint density at radius 3 is 2.93 bits per heavy atom. The zero-order chi connectivity index (χ0) is 20.7. The highest BCUT2D eigenvalue weighted by atomic mass is 32.2. The Hall–Kier alpha value is -3.06. The molecule has 0 saturated heterocycles. The third-order valence-electron chi connectivity index (χ3n) is 5.62. The minimum Gasteiger partial charge on any atom is -0.360 e. The highest BCUT2D eigenvalue weighted by molar-refractivity contribution is 8.01. The second-order valence-electron chi connectivity index (χ2n) is 7.51. The Morgan fingerprint density at radius 1 is 1.23 bits per heavy atom. The van der Waals surface area contributed by atoms with Crippen molar-refractivity contribution in [2.45, 2.75) is 23.0 Å². The Bertz CT molecular complexity index is 1190. The van der Waals surface area contributed by atoms with Gasteiger partial charge in [-0.1, -0.05) is 18.2 Å². The third-order valence-corrected chi connectivity index (χ3v) is 6.89. The number of hydrogen-bond donors (Lipinski definition) is 2. The van der Waals surface area contributed by atoms with E-state index in [-0.39, 0.29) is 24.1 Å². The molecule has 3 aromatic rings. The third kappa shape index (κ3) is 3.50. The van der Waals surface area contributed by atoms with Gasteiger partial charge in [0.15, 0.2) is 0 Å². The number of H-pyrrole nitrogens is 1. The van der Waals surface area contributed by atoms with Crippen LogP contribution in [0.15, 0.2) is 59.6 Å². The van der Waals surface area contributed by atoms with Crippen LogP contribution in [0.1, 0.15) is 18.4 Å². The van der Waals surface area contributed by atoms with Crippen LogP contribution >= 0.6 is 11.8 Å². The number of rotatable bonds is 3. The van der Waals surface area contributed by atoms with Gasteiger partial charge in [-0.3, -0.25) is 9.59 Å². The van der Waals surface area contributed by atoms with Crippen molar-refractivity contribution in [3.63, 3.8) is 0 Å². The minimum absolute atomic E-state index is 0.0154.